The fourth-order valence-electron chi connectivity index (χ4n) is 3.74. The van der Waals surface area contributed by atoms with Crippen molar-refractivity contribution in [3.05, 3.63) is 98.3 Å². The van der Waals surface area contributed by atoms with Crippen LogP contribution in [0.1, 0.15) is 16.5 Å². The van der Waals surface area contributed by atoms with Gasteiger partial charge in [-0.25, -0.2) is 0 Å². The molecule has 2 heterocycles. The number of hydrogen-bond donors (Lipinski definition) is 0. The van der Waals surface area contributed by atoms with Crippen LogP contribution in [0.2, 0.25) is 10.0 Å². The van der Waals surface area contributed by atoms with Crippen LogP contribution < -0.4 is 10.3 Å². The first-order valence-corrected chi connectivity index (χ1v) is 10.2. The van der Waals surface area contributed by atoms with Crippen LogP contribution in [0.5, 0.6) is 5.75 Å². The number of alkyl halides is 1. The van der Waals surface area contributed by atoms with Crippen LogP contribution in [0.3, 0.4) is 0 Å². The molecular formula is C23H14Cl3NO2. The molecule has 4 aromatic rings. The van der Waals surface area contributed by atoms with E-state index >= 15 is 0 Å². The fraction of sp³-hybridized carbons (Fsp3) is 0.0870. The Balaban J connectivity index is 1.76. The lowest BCUT2D eigenvalue weighted by Gasteiger charge is -2.14. The molecule has 1 unspecified atom stereocenters. The van der Waals surface area contributed by atoms with Gasteiger partial charge in [0.1, 0.15) is 5.75 Å². The van der Waals surface area contributed by atoms with Crippen molar-refractivity contribution in [2.45, 2.75) is 12.1 Å². The maximum Gasteiger partial charge on any atom is 0.254 e. The number of aromatic nitrogens is 1. The van der Waals surface area contributed by atoms with Crippen LogP contribution in [0.15, 0.2) is 71.5 Å². The van der Waals surface area contributed by atoms with E-state index in [0.29, 0.717) is 15.8 Å². The number of pyridine rings is 1. The molecule has 5 rings (SSSR count). The highest BCUT2D eigenvalue weighted by molar-refractivity contribution is 6.31. The maximum absolute atomic E-state index is 12.7. The SMILES string of the molecule is O=c1cc(-c2cccc(Cl)c2)c2cc(C(Cl)c3ccc(Cl)cc3)cc3c2n1CO3. The van der Waals surface area contributed by atoms with E-state index in [0.717, 1.165) is 33.2 Å². The highest BCUT2D eigenvalue weighted by Crippen LogP contribution is 2.41. The quantitative estimate of drug-likeness (QED) is 0.332. The van der Waals surface area contributed by atoms with Gasteiger partial charge in [0.25, 0.3) is 5.56 Å². The summed E-state index contributed by atoms with van der Waals surface area (Å²) in [6, 6.07) is 20.5. The molecule has 1 aromatic heterocycles. The third-order valence-corrected chi connectivity index (χ3v) is 6.12. The molecule has 0 fully saturated rings. The standard InChI is InChI=1S/C23H14Cl3NO2/c24-16-6-4-13(5-7-16)22(26)15-9-19-18(14-2-1-3-17(25)8-14)11-21(28)27-12-29-20(10-15)23(19)27/h1-11,22H,12H2. The highest BCUT2D eigenvalue weighted by atomic mass is 35.5. The number of halogens is 3. The lowest BCUT2D eigenvalue weighted by Crippen LogP contribution is -2.18. The third kappa shape index (κ3) is 3.20. The molecule has 0 bridgehead atoms. The number of nitrogens with zero attached hydrogens (tertiary/aromatic N) is 1. The van der Waals surface area contributed by atoms with Gasteiger partial charge in [0.15, 0.2) is 6.73 Å². The lowest BCUT2D eigenvalue weighted by atomic mass is 9.96. The van der Waals surface area contributed by atoms with E-state index in [2.05, 4.69) is 0 Å². The molecule has 6 heteroatoms. The van der Waals surface area contributed by atoms with Crippen LogP contribution in [0, 0.1) is 0 Å². The maximum atomic E-state index is 12.7. The van der Waals surface area contributed by atoms with Crippen molar-refractivity contribution < 1.29 is 4.74 Å². The molecule has 1 atom stereocenters. The topological polar surface area (TPSA) is 31.2 Å². The lowest BCUT2D eigenvalue weighted by molar-refractivity contribution is 0.266. The number of benzene rings is 3. The van der Waals surface area contributed by atoms with Crippen LogP contribution in [0.25, 0.3) is 22.0 Å². The van der Waals surface area contributed by atoms with Crippen molar-refractivity contribution in [1.29, 1.82) is 0 Å². The number of rotatable bonds is 3. The fourth-order valence-corrected chi connectivity index (χ4v) is 4.33. The molecule has 0 saturated carbocycles. The van der Waals surface area contributed by atoms with Gasteiger partial charge < -0.3 is 4.74 Å². The molecule has 29 heavy (non-hydrogen) atoms. The molecule has 0 radical (unpaired) electrons. The van der Waals surface area contributed by atoms with E-state index in [4.69, 9.17) is 39.5 Å². The van der Waals surface area contributed by atoms with E-state index in [-0.39, 0.29) is 17.7 Å². The molecule has 0 amide bonds. The van der Waals surface area contributed by atoms with Gasteiger partial charge in [-0.3, -0.25) is 9.36 Å². The van der Waals surface area contributed by atoms with E-state index < -0.39 is 0 Å². The summed E-state index contributed by atoms with van der Waals surface area (Å²) in [6.45, 7) is 0.192. The van der Waals surface area contributed by atoms with E-state index in [9.17, 15) is 4.79 Å². The highest BCUT2D eigenvalue weighted by Gasteiger charge is 2.23. The summed E-state index contributed by atoms with van der Waals surface area (Å²) >= 11 is 19.0. The summed E-state index contributed by atoms with van der Waals surface area (Å²) in [5.41, 5.74) is 4.15. The Kier molecular flexibility index (Phi) is 4.54. The molecule has 1 aliphatic heterocycles. The smallest absolute Gasteiger partial charge is 0.254 e. The summed E-state index contributed by atoms with van der Waals surface area (Å²) in [5, 5.41) is 1.78. The average Bonchev–Trinajstić information content (AvgIpc) is 3.16. The second-order valence-corrected chi connectivity index (χ2v) is 8.25. The zero-order valence-corrected chi connectivity index (χ0v) is 17.3. The Labute approximate surface area is 182 Å². The van der Waals surface area contributed by atoms with Gasteiger partial charge in [0.05, 0.1) is 10.9 Å². The van der Waals surface area contributed by atoms with Gasteiger partial charge in [-0.05, 0) is 58.7 Å². The summed E-state index contributed by atoms with van der Waals surface area (Å²) in [7, 11) is 0. The second kappa shape index (κ2) is 7.10. The van der Waals surface area contributed by atoms with Crippen LogP contribution in [-0.4, -0.2) is 4.57 Å². The summed E-state index contributed by atoms with van der Waals surface area (Å²) in [4.78, 5) is 12.7. The zero-order valence-electron chi connectivity index (χ0n) is 15.0. The number of hydrogen-bond acceptors (Lipinski definition) is 2. The van der Waals surface area contributed by atoms with Gasteiger partial charge in [0.2, 0.25) is 0 Å². The molecule has 1 aliphatic rings. The normalized spacial score (nSPS) is 13.5. The van der Waals surface area contributed by atoms with Crippen LogP contribution in [-0.2, 0) is 6.73 Å². The molecule has 0 N–H and O–H groups in total. The van der Waals surface area contributed by atoms with Crippen LogP contribution >= 0.6 is 34.8 Å². The third-order valence-electron chi connectivity index (χ3n) is 5.13. The minimum Gasteiger partial charge on any atom is -0.470 e. The average molecular weight is 443 g/mol. The van der Waals surface area contributed by atoms with Gasteiger partial charge in [-0.2, -0.15) is 0 Å². The summed E-state index contributed by atoms with van der Waals surface area (Å²) in [6.07, 6.45) is 0. The van der Waals surface area contributed by atoms with Crippen molar-refractivity contribution in [2.75, 3.05) is 0 Å². The number of ether oxygens (including phenoxy) is 1. The van der Waals surface area contributed by atoms with E-state index in [1.807, 2.05) is 60.7 Å². The Morgan fingerprint density at radius 3 is 2.45 bits per heavy atom. The summed E-state index contributed by atoms with van der Waals surface area (Å²) in [5.74, 6) is 0.651. The Morgan fingerprint density at radius 2 is 1.69 bits per heavy atom. The molecule has 0 spiro atoms. The second-order valence-electron chi connectivity index (χ2n) is 6.94. The van der Waals surface area contributed by atoms with Crippen molar-refractivity contribution in [1.82, 2.24) is 4.57 Å². The van der Waals surface area contributed by atoms with Gasteiger partial charge >= 0.3 is 0 Å². The molecular weight excluding hydrogens is 429 g/mol. The van der Waals surface area contributed by atoms with Crippen molar-refractivity contribution in [3.8, 4) is 16.9 Å². The first kappa shape index (κ1) is 18.6. The van der Waals surface area contributed by atoms with Crippen molar-refractivity contribution in [3.63, 3.8) is 0 Å². The van der Waals surface area contributed by atoms with Crippen molar-refractivity contribution >= 4 is 45.7 Å². The predicted molar refractivity (Wildman–Crippen MR) is 118 cm³/mol. The van der Waals surface area contributed by atoms with E-state index in [1.54, 1.807) is 10.6 Å². The van der Waals surface area contributed by atoms with Crippen molar-refractivity contribution in [2.24, 2.45) is 0 Å². The predicted octanol–water partition coefficient (Wildman–Crippen LogP) is 6.65. The minimum absolute atomic E-state index is 0.112. The minimum atomic E-state index is -0.385. The largest absolute Gasteiger partial charge is 0.470 e. The van der Waals surface area contributed by atoms with Gasteiger partial charge in [-0.1, -0.05) is 47.5 Å². The Morgan fingerprint density at radius 1 is 0.897 bits per heavy atom. The zero-order chi connectivity index (χ0) is 20.1. The molecule has 144 valence electrons. The first-order valence-electron chi connectivity index (χ1n) is 9.01. The van der Waals surface area contributed by atoms with E-state index in [1.165, 1.54) is 0 Å². The molecule has 0 saturated heterocycles. The molecule has 3 nitrogen and oxygen atoms in total. The first-order chi connectivity index (χ1) is 14.0. The molecule has 0 aliphatic carbocycles. The van der Waals surface area contributed by atoms with Crippen LogP contribution in [0.4, 0.5) is 0 Å². The molecule has 3 aromatic carbocycles. The van der Waals surface area contributed by atoms with Gasteiger partial charge in [-0.15, -0.1) is 11.6 Å². The van der Waals surface area contributed by atoms with Gasteiger partial charge in [0, 0.05) is 21.5 Å². The Bertz CT molecular complexity index is 1310. The summed E-state index contributed by atoms with van der Waals surface area (Å²) < 4.78 is 7.45. The Hall–Kier alpha value is -2.46. The monoisotopic (exact) mass is 441 g/mol.